The monoisotopic (exact) mass is 169 g/mol. The van der Waals surface area contributed by atoms with Crippen LogP contribution in [0, 0.1) is 6.92 Å². The van der Waals surface area contributed by atoms with Crippen LogP contribution >= 0.6 is 11.6 Å². The Morgan fingerprint density at radius 1 is 1.73 bits per heavy atom. The lowest BCUT2D eigenvalue weighted by Gasteiger charge is -2.01. The Morgan fingerprint density at radius 3 is 3.09 bits per heavy atom. The maximum absolute atomic E-state index is 10.2. The van der Waals surface area contributed by atoms with Crippen LogP contribution in [0.2, 0.25) is 5.15 Å². The van der Waals surface area contributed by atoms with Crippen LogP contribution in [-0.2, 0) is 11.2 Å². The number of pyridine rings is 1. The molecule has 1 heterocycles. The molecule has 0 aliphatic carbocycles. The summed E-state index contributed by atoms with van der Waals surface area (Å²) in [6, 6.07) is 1.80. The Morgan fingerprint density at radius 2 is 2.45 bits per heavy atom. The largest absolute Gasteiger partial charge is 0.303 e. The summed E-state index contributed by atoms with van der Waals surface area (Å²) in [4.78, 5) is 14.0. The van der Waals surface area contributed by atoms with Crippen LogP contribution in [0.4, 0.5) is 0 Å². The number of hydrogen-bond donors (Lipinski definition) is 0. The van der Waals surface area contributed by atoms with Crippen molar-refractivity contribution in [2.75, 3.05) is 0 Å². The molecule has 11 heavy (non-hydrogen) atoms. The van der Waals surface area contributed by atoms with Crippen molar-refractivity contribution in [3.63, 3.8) is 0 Å². The van der Waals surface area contributed by atoms with Gasteiger partial charge in [0.05, 0.1) is 0 Å². The zero-order chi connectivity index (χ0) is 8.27. The molecule has 0 fully saturated rings. The lowest BCUT2D eigenvalue weighted by Crippen LogP contribution is -1.92. The molecule has 0 N–H and O–H groups in total. The summed E-state index contributed by atoms with van der Waals surface area (Å²) in [5.41, 5.74) is 1.83. The molecule has 0 atom stereocenters. The van der Waals surface area contributed by atoms with E-state index in [4.69, 9.17) is 11.6 Å². The minimum absolute atomic E-state index is 0.411. The number of aldehydes is 1. The van der Waals surface area contributed by atoms with Gasteiger partial charge in [0.25, 0.3) is 0 Å². The molecule has 0 aliphatic rings. The molecule has 1 rings (SSSR count). The van der Waals surface area contributed by atoms with Gasteiger partial charge in [-0.05, 0) is 24.1 Å². The molecule has 0 saturated carbocycles. The fourth-order valence-corrected chi connectivity index (χ4v) is 1.04. The standard InChI is InChI=1S/C8H8ClNO/c1-6-7(3-5-11)2-4-10-8(6)9/h2,4-5H,3H2,1H3. The Labute approximate surface area is 70.2 Å². The second-order valence-corrected chi connectivity index (χ2v) is 2.61. The van der Waals surface area contributed by atoms with Crippen LogP contribution in [0.5, 0.6) is 0 Å². The average molecular weight is 170 g/mol. The lowest BCUT2D eigenvalue weighted by atomic mass is 10.1. The molecule has 58 valence electrons. The third kappa shape index (κ3) is 1.77. The summed E-state index contributed by atoms with van der Waals surface area (Å²) < 4.78 is 0. The van der Waals surface area contributed by atoms with Crippen molar-refractivity contribution in [1.82, 2.24) is 4.98 Å². The van der Waals surface area contributed by atoms with Gasteiger partial charge in [0.2, 0.25) is 0 Å². The topological polar surface area (TPSA) is 30.0 Å². The van der Waals surface area contributed by atoms with E-state index in [-0.39, 0.29) is 0 Å². The van der Waals surface area contributed by atoms with E-state index >= 15 is 0 Å². The summed E-state index contributed by atoms with van der Waals surface area (Å²) in [5.74, 6) is 0. The van der Waals surface area contributed by atoms with Gasteiger partial charge in [-0.25, -0.2) is 4.98 Å². The van der Waals surface area contributed by atoms with Crippen molar-refractivity contribution in [3.8, 4) is 0 Å². The third-order valence-corrected chi connectivity index (χ3v) is 1.94. The minimum atomic E-state index is 0.411. The first-order valence-corrected chi connectivity index (χ1v) is 3.67. The molecule has 0 spiro atoms. The van der Waals surface area contributed by atoms with Crippen LogP contribution < -0.4 is 0 Å². The van der Waals surface area contributed by atoms with E-state index in [0.29, 0.717) is 11.6 Å². The van der Waals surface area contributed by atoms with Crippen molar-refractivity contribution in [3.05, 3.63) is 28.5 Å². The van der Waals surface area contributed by atoms with E-state index < -0.39 is 0 Å². The second-order valence-electron chi connectivity index (χ2n) is 2.26. The molecule has 0 radical (unpaired) electrons. The SMILES string of the molecule is Cc1c(CC=O)ccnc1Cl. The number of halogens is 1. The zero-order valence-corrected chi connectivity index (χ0v) is 6.93. The van der Waals surface area contributed by atoms with Crippen LogP contribution in [-0.4, -0.2) is 11.3 Å². The van der Waals surface area contributed by atoms with Gasteiger partial charge in [-0.2, -0.15) is 0 Å². The fraction of sp³-hybridized carbons (Fsp3) is 0.250. The molecular weight excluding hydrogens is 162 g/mol. The molecule has 0 saturated heterocycles. The summed E-state index contributed by atoms with van der Waals surface area (Å²) in [5, 5.41) is 0.476. The normalized spacial score (nSPS) is 9.64. The van der Waals surface area contributed by atoms with E-state index in [1.54, 1.807) is 12.3 Å². The predicted octanol–water partition coefficient (Wildman–Crippen LogP) is 1.78. The first-order valence-electron chi connectivity index (χ1n) is 3.29. The van der Waals surface area contributed by atoms with Gasteiger partial charge in [-0.1, -0.05) is 11.6 Å². The quantitative estimate of drug-likeness (QED) is 0.499. The Balaban J connectivity index is 3.05. The van der Waals surface area contributed by atoms with Gasteiger partial charge in [-0.15, -0.1) is 0 Å². The molecular formula is C8H8ClNO. The Bertz CT molecular complexity index is 273. The zero-order valence-electron chi connectivity index (χ0n) is 6.17. The van der Waals surface area contributed by atoms with Crippen molar-refractivity contribution < 1.29 is 4.79 Å². The summed E-state index contributed by atoms with van der Waals surface area (Å²) in [6.07, 6.45) is 2.88. The Kier molecular flexibility index (Phi) is 2.60. The molecule has 0 aromatic carbocycles. The lowest BCUT2D eigenvalue weighted by molar-refractivity contribution is -0.107. The van der Waals surface area contributed by atoms with E-state index in [1.165, 1.54) is 0 Å². The van der Waals surface area contributed by atoms with E-state index in [1.807, 2.05) is 6.92 Å². The molecule has 1 aromatic heterocycles. The summed E-state index contributed by atoms with van der Waals surface area (Å²) in [7, 11) is 0. The Hall–Kier alpha value is -0.890. The first-order chi connectivity index (χ1) is 5.25. The number of nitrogens with zero attached hydrogens (tertiary/aromatic N) is 1. The number of aromatic nitrogens is 1. The van der Waals surface area contributed by atoms with Gasteiger partial charge in [0.15, 0.2) is 0 Å². The van der Waals surface area contributed by atoms with E-state index in [2.05, 4.69) is 4.98 Å². The highest BCUT2D eigenvalue weighted by molar-refractivity contribution is 6.30. The highest BCUT2D eigenvalue weighted by Gasteiger charge is 2.00. The molecule has 0 aliphatic heterocycles. The number of rotatable bonds is 2. The molecule has 2 nitrogen and oxygen atoms in total. The molecule has 0 amide bonds. The fourth-order valence-electron chi connectivity index (χ4n) is 0.858. The minimum Gasteiger partial charge on any atom is -0.303 e. The third-order valence-electron chi connectivity index (χ3n) is 1.56. The number of carbonyl (C=O) groups is 1. The van der Waals surface area contributed by atoms with Gasteiger partial charge in [0.1, 0.15) is 11.4 Å². The predicted molar refractivity (Wildman–Crippen MR) is 43.8 cm³/mol. The number of hydrogen-bond acceptors (Lipinski definition) is 2. The molecule has 1 aromatic rings. The van der Waals surface area contributed by atoms with Crippen molar-refractivity contribution >= 4 is 17.9 Å². The molecule has 0 bridgehead atoms. The number of carbonyl (C=O) groups excluding carboxylic acids is 1. The summed E-state index contributed by atoms with van der Waals surface area (Å²) >= 11 is 5.72. The first kappa shape index (κ1) is 8.21. The van der Waals surface area contributed by atoms with Crippen LogP contribution in [0.3, 0.4) is 0 Å². The van der Waals surface area contributed by atoms with Crippen molar-refractivity contribution in [2.45, 2.75) is 13.3 Å². The van der Waals surface area contributed by atoms with Crippen LogP contribution in [0.1, 0.15) is 11.1 Å². The maximum atomic E-state index is 10.2. The van der Waals surface area contributed by atoms with Crippen LogP contribution in [0.15, 0.2) is 12.3 Å². The highest BCUT2D eigenvalue weighted by Crippen LogP contribution is 2.15. The second kappa shape index (κ2) is 3.49. The van der Waals surface area contributed by atoms with Gasteiger partial charge >= 0.3 is 0 Å². The van der Waals surface area contributed by atoms with Crippen molar-refractivity contribution in [1.29, 1.82) is 0 Å². The van der Waals surface area contributed by atoms with E-state index in [0.717, 1.165) is 17.4 Å². The van der Waals surface area contributed by atoms with Crippen molar-refractivity contribution in [2.24, 2.45) is 0 Å². The summed E-state index contributed by atoms with van der Waals surface area (Å²) in [6.45, 7) is 1.86. The molecule has 0 unspecified atom stereocenters. The van der Waals surface area contributed by atoms with Crippen LogP contribution in [0.25, 0.3) is 0 Å². The van der Waals surface area contributed by atoms with Gasteiger partial charge < -0.3 is 4.79 Å². The smallest absolute Gasteiger partial charge is 0.132 e. The van der Waals surface area contributed by atoms with Gasteiger partial charge in [-0.3, -0.25) is 0 Å². The highest BCUT2D eigenvalue weighted by atomic mass is 35.5. The average Bonchev–Trinajstić information content (AvgIpc) is 1.99. The molecule has 3 heteroatoms. The van der Waals surface area contributed by atoms with E-state index in [9.17, 15) is 4.79 Å². The van der Waals surface area contributed by atoms with Gasteiger partial charge in [0, 0.05) is 12.6 Å². The maximum Gasteiger partial charge on any atom is 0.132 e.